The van der Waals surface area contributed by atoms with Crippen molar-refractivity contribution < 1.29 is 5.21 Å². The molecule has 1 aromatic heterocycles. The van der Waals surface area contributed by atoms with Gasteiger partial charge in [0.05, 0.1) is 6.04 Å². The van der Waals surface area contributed by atoms with Crippen LogP contribution >= 0.6 is 0 Å². The zero-order valence-electron chi connectivity index (χ0n) is 9.67. The fraction of sp³-hybridized carbons (Fsp3) is 0.455. The number of oxime groups is 1. The lowest BCUT2D eigenvalue weighted by Crippen LogP contribution is -2.41. The highest BCUT2D eigenvalue weighted by molar-refractivity contribution is 5.84. The Morgan fingerprint density at radius 3 is 3.00 bits per heavy atom. The first-order valence-corrected chi connectivity index (χ1v) is 5.21. The third-order valence-electron chi connectivity index (χ3n) is 2.68. The molecule has 1 aromatic rings. The smallest absolute Gasteiger partial charge is 0.156 e. The average Bonchev–Trinajstić information content (AvgIpc) is 2.35. The highest BCUT2D eigenvalue weighted by Crippen LogP contribution is 2.01. The Labute approximate surface area is 95.6 Å². The minimum atomic E-state index is -0.0679. The van der Waals surface area contributed by atoms with Crippen LogP contribution in [0.5, 0.6) is 0 Å². The highest BCUT2D eigenvalue weighted by Gasteiger charge is 2.13. The van der Waals surface area contributed by atoms with Gasteiger partial charge in [0, 0.05) is 18.9 Å². The maximum Gasteiger partial charge on any atom is 0.156 e. The molecule has 0 amide bonds. The summed E-state index contributed by atoms with van der Waals surface area (Å²) in [5, 5.41) is 11.6. The van der Waals surface area contributed by atoms with Crippen molar-refractivity contribution in [3.05, 3.63) is 30.1 Å². The Bertz CT molecular complexity index is 339. The molecule has 0 saturated heterocycles. The van der Waals surface area contributed by atoms with Crippen LogP contribution in [-0.2, 0) is 6.42 Å². The van der Waals surface area contributed by atoms with E-state index in [1.807, 2.05) is 37.2 Å². The second-order valence-corrected chi connectivity index (χ2v) is 3.79. The molecule has 0 saturated carbocycles. The normalized spacial score (nSPS) is 14.1. The molecule has 5 heteroatoms. The van der Waals surface area contributed by atoms with E-state index in [9.17, 15) is 0 Å². The van der Waals surface area contributed by atoms with Crippen molar-refractivity contribution in [1.82, 2.24) is 9.88 Å². The molecule has 1 heterocycles. The average molecular weight is 222 g/mol. The largest absolute Gasteiger partial charge is 0.409 e. The lowest BCUT2D eigenvalue weighted by atomic mass is 10.2. The first kappa shape index (κ1) is 12.4. The second-order valence-electron chi connectivity index (χ2n) is 3.79. The molecule has 0 bridgehead atoms. The summed E-state index contributed by atoms with van der Waals surface area (Å²) in [5.74, 6) is 0.230. The van der Waals surface area contributed by atoms with E-state index in [-0.39, 0.29) is 11.9 Å². The van der Waals surface area contributed by atoms with Crippen LogP contribution < -0.4 is 5.73 Å². The van der Waals surface area contributed by atoms with Gasteiger partial charge >= 0.3 is 0 Å². The SMILES string of the molecule is CC(C(N)=NO)N(C)CCc1cccnc1. The van der Waals surface area contributed by atoms with Crippen LogP contribution in [0.2, 0.25) is 0 Å². The number of rotatable bonds is 5. The van der Waals surface area contributed by atoms with Crippen LogP contribution in [0.15, 0.2) is 29.7 Å². The molecule has 0 radical (unpaired) electrons. The first-order chi connectivity index (χ1) is 7.65. The minimum Gasteiger partial charge on any atom is -0.409 e. The van der Waals surface area contributed by atoms with E-state index in [2.05, 4.69) is 10.1 Å². The lowest BCUT2D eigenvalue weighted by Gasteiger charge is -2.23. The van der Waals surface area contributed by atoms with Crippen molar-refractivity contribution >= 4 is 5.84 Å². The van der Waals surface area contributed by atoms with Gasteiger partial charge in [0.15, 0.2) is 5.84 Å². The van der Waals surface area contributed by atoms with E-state index in [1.54, 1.807) is 6.20 Å². The third kappa shape index (κ3) is 3.51. The van der Waals surface area contributed by atoms with Gasteiger partial charge in [-0.1, -0.05) is 11.2 Å². The van der Waals surface area contributed by atoms with E-state index < -0.39 is 0 Å². The van der Waals surface area contributed by atoms with E-state index in [4.69, 9.17) is 10.9 Å². The zero-order valence-corrected chi connectivity index (χ0v) is 9.67. The fourth-order valence-electron chi connectivity index (χ4n) is 1.35. The Morgan fingerprint density at radius 1 is 1.69 bits per heavy atom. The molecule has 0 aliphatic carbocycles. The number of amidine groups is 1. The number of hydrogen-bond donors (Lipinski definition) is 2. The first-order valence-electron chi connectivity index (χ1n) is 5.21. The highest BCUT2D eigenvalue weighted by atomic mass is 16.4. The van der Waals surface area contributed by atoms with Gasteiger partial charge in [-0.25, -0.2) is 0 Å². The van der Waals surface area contributed by atoms with Crippen LogP contribution in [0.4, 0.5) is 0 Å². The Morgan fingerprint density at radius 2 is 2.44 bits per heavy atom. The summed E-state index contributed by atoms with van der Waals surface area (Å²) in [7, 11) is 1.94. The number of pyridine rings is 1. The van der Waals surface area contributed by atoms with Crippen LogP contribution in [0, 0.1) is 0 Å². The summed E-state index contributed by atoms with van der Waals surface area (Å²) in [6.45, 7) is 2.74. The Balaban J connectivity index is 2.44. The second kappa shape index (κ2) is 6.07. The molecular formula is C11H18N4O. The summed E-state index contributed by atoms with van der Waals surface area (Å²) in [5.41, 5.74) is 6.71. The van der Waals surface area contributed by atoms with Crippen molar-refractivity contribution in [3.8, 4) is 0 Å². The van der Waals surface area contributed by atoms with Crippen molar-refractivity contribution in [2.45, 2.75) is 19.4 Å². The van der Waals surface area contributed by atoms with E-state index in [0.29, 0.717) is 0 Å². The Hall–Kier alpha value is -1.62. The van der Waals surface area contributed by atoms with Gasteiger partial charge in [0.1, 0.15) is 0 Å². The molecule has 0 aromatic carbocycles. The van der Waals surface area contributed by atoms with Crippen molar-refractivity contribution in [2.75, 3.05) is 13.6 Å². The van der Waals surface area contributed by atoms with Gasteiger partial charge in [-0.05, 0) is 32.0 Å². The van der Waals surface area contributed by atoms with E-state index in [1.165, 1.54) is 5.56 Å². The molecule has 0 fully saturated rings. The summed E-state index contributed by atoms with van der Waals surface area (Å²) >= 11 is 0. The summed E-state index contributed by atoms with van der Waals surface area (Å²) < 4.78 is 0. The van der Waals surface area contributed by atoms with Crippen LogP contribution in [0.1, 0.15) is 12.5 Å². The molecule has 0 aliphatic rings. The zero-order chi connectivity index (χ0) is 12.0. The predicted molar refractivity (Wildman–Crippen MR) is 63.4 cm³/mol. The van der Waals surface area contributed by atoms with Gasteiger partial charge in [-0.15, -0.1) is 0 Å². The molecule has 1 rings (SSSR count). The molecule has 1 atom stereocenters. The van der Waals surface area contributed by atoms with Crippen molar-refractivity contribution in [3.63, 3.8) is 0 Å². The maximum atomic E-state index is 8.57. The number of likely N-dealkylation sites (N-methyl/N-ethyl adjacent to an activating group) is 1. The van der Waals surface area contributed by atoms with Crippen LogP contribution in [0.3, 0.4) is 0 Å². The standard InChI is InChI=1S/C11H18N4O/c1-9(11(12)14-16)15(2)7-5-10-4-3-6-13-8-10/h3-4,6,8-9,16H,5,7H2,1-2H3,(H2,12,14). The van der Waals surface area contributed by atoms with Gasteiger partial charge in [0.25, 0.3) is 0 Å². The summed E-state index contributed by atoms with van der Waals surface area (Å²) in [6.07, 6.45) is 4.50. The summed E-state index contributed by atoms with van der Waals surface area (Å²) in [6, 6.07) is 3.89. The molecule has 16 heavy (non-hydrogen) atoms. The molecule has 3 N–H and O–H groups in total. The van der Waals surface area contributed by atoms with Crippen molar-refractivity contribution in [2.24, 2.45) is 10.9 Å². The third-order valence-corrected chi connectivity index (χ3v) is 2.68. The van der Waals surface area contributed by atoms with Crippen LogP contribution in [0.25, 0.3) is 0 Å². The Kier molecular flexibility index (Phi) is 4.72. The maximum absolute atomic E-state index is 8.57. The van der Waals surface area contributed by atoms with E-state index >= 15 is 0 Å². The molecule has 1 unspecified atom stereocenters. The lowest BCUT2D eigenvalue weighted by molar-refractivity contribution is 0.286. The molecular weight excluding hydrogens is 204 g/mol. The van der Waals surface area contributed by atoms with E-state index in [0.717, 1.165) is 13.0 Å². The fourth-order valence-corrected chi connectivity index (χ4v) is 1.35. The van der Waals surface area contributed by atoms with Gasteiger partial charge in [-0.3, -0.25) is 9.88 Å². The monoisotopic (exact) mass is 222 g/mol. The van der Waals surface area contributed by atoms with Crippen LogP contribution in [-0.4, -0.2) is 40.6 Å². The van der Waals surface area contributed by atoms with Gasteiger partial charge in [0.2, 0.25) is 0 Å². The van der Waals surface area contributed by atoms with Gasteiger partial charge in [-0.2, -0.15) is 0 Å². The number of aromatic nitrogens is 1. The summed E-state index contributed by atoms with van der Waals surface area (Å²) in [4.78, 5) is 6.08. The molecule has 5 nitrogen and oxygen atoms in total. The van der Waals surface area contributed by atoms with Crippen molar-refractivity contribution in [1.29, 1.82) is 0 Å². The number of nitrogens with zero attached hydrogens (tertiary/aromatic N) is 3. The molecule has 0 spiro atoms. The molecule has 88 valence electrons. The number of hydrogen-bond acceptors (Lipinski definition) is 4. The topological polar surface area (TPSA) is 74.7 Å². The molecule has 0 aliphatic heterocycles. The number of nitrogens with two attached hydrogens (primary N) is 1. The predicted octanol–water partition coefficient (Wildman–Crippen LogP) is 0.691. The minimum absolute atomic E-state index is 0.0679. The quantitative estimate of drug-likeness (QED) is 0.333. The van der Waals surface area contributed by atoms with Gasteiger partial charge < -0.3 is 10.9 Å².